The molecule has 0 N–H and O–H groups in total. The van der Waals surface area contributed by atoms with E-state index >= 15 is 0 Å². The number of fused-ring (bicyclic) bond motifs is 6. The van der Waals surface area contributed by atoms with Crippen LogP contribution in [-0.2, 0) is 25.7 Å². The second-order valence-electron chi connectivity index (χ2n) is 26.2. The molecule has 2 aromatic heterocycles. The summed E-state index contributed by atoms with van der Waals surface area (Å²) in [6, 6.07) is 65.4. The number of nitriles is 1. The Bertz CT molecular complexity index is 3710. The van der Waals surface area contributed by atoms with Gasteiger partial charge in [-0.2, -0.15) is 5.26 Å². The zero-order chi connectivity index (χ0) is 62.9. The topological polar surface area (TPSA) is 38.0 Å². The molecule has 0 spiro atoms. The SMILES string of the molecule is [C-]#[N+]/C(=C\c1ccc(-c2ccc(/C=C(\C#N)c3ccc(-n4c5ccc(CC(CC)CCCC)cc5c5cc(CC(CC)CCCC)ccc54)cc3)cc2)cc1)c1ccc(-n2c3ccc(CC(CC)CCCC)cc3c3cc(CC(CC)CCCC)ccc32)cc1. The van der Waals surface area contributed by atoms with E-state index in [1.54, 1.807) is 0 Å². The summed E-state index contributed by atoms with van der Waals surface area (Å²) in [4.78, 5) is 4.06. The van der Waals surface area contributed by atoms with Crippen LogP contribution in [0.2, 0.25) is 0 Å². The summed E-state index contributed by atoms with van der Waals surface area (Å²) in [5.41, 5.74) is 20.0. The van der Waals surface area contributed by atoms with E-state index in [1.165, 1.54) is 169 Å². The lowest BCUT2D eigenvalue weighted by Gasteiger charge is -2.15. The molecule has 0 saturated heterocycles. The molecule has 10 rings (SSSR count). The average Bonchev–Trinajstić information content (AvgIpc) is 1.62. The molecule has 0 saturated carbocycles. The molecule has 2 heterocycles. The normalized spacial score (nSPS) is 13.5. The number of hydrogen-bond donors (Lipinski definition) is 0. The largest absolute Gasteiger partial charge is 0.309 e. The van der Waals surface area contributed by atoms with E-state index in [9.17, 15) is 5.26 Å². The van der Waals surface area contributed by atoms with Gasteiger partial charge < -0.3 is 9.13 Å². The molecule has 0 bridgehead atoms. The molecule has 4 nitrogen and oxygen atoms in total. The summed E-state index contributed by atoms with van der Waals surface area (Å²) in [6.07, 6.45) is 28.6. The first-order valence-electron chi connectivity index (χ1n) is 34.9. The van der Waals surface area contributed by atoms with Crippen molar-refractivity contribution in [2.45, 2.75) is 184 Å². The zero-order valence-electron chi connectivity index (χ0n) is 55.6. The number of nitrogens with zero attached hydrogens (tertiary/aromatic N) is 4. The Hall–Kier alpha value is -8.18. The number of rotatable bonds is 31. The molecule has 10 aromatic rings. The Balaban J connectivity index is 0.855. The van der Waals surface area contributed by atoms with E-state index in [4.69, 9.17) is 6.57 Å². The van der Waals surface area contributed by atoms with E-state index in [-0.39, 0.29) is 0 Å². The van der Waals surface area contributed by atoms with Gasteiger partial charge in [0.15, 0.2) is 5.70 Å². The van der Waals surface area contributed by atoms with Crippen LogP contribution >= 0.6 is 0 Å². The Labute approximate surface area is 540 Å². The number of benzene rings is 8. The summed E-state index contributed by atoms with van der Waals surface area (Å²) in [6.45, 7) is 26.9. The summed E-state index contributed by atoms with van der Waals surface area (Å²) < 4.78 is 4.85. The fourth-order valence-corrected chi connectivity index (χ4v) is 14.2. The first-order valence-corrected chi connectivity index (χ1v) is 34.9. The highest BCUT2D eigenvalue weighted by Gasteiger charge is 2.20. The van der Waals surface area contributed by atoms with Crippen LogP contribution in [0.15, 0.2) is 170 Å². The molecule has 8 aromatic carbocycles. The van der Waals surface area contributed by atoms with Gasteiger partial charge in [0.25, 0.3) is 0 Å². The van der Waals surface area contributed by atoms with Gasteiger partial charge >= 0.3 is 0 Å². The third-order valence-electron chi connectivity index (χ3n) is 19.9. The third kappa shape index (κ3) is 15.3. The minimum absolute atomic E-state index is 0.609. The lowest BCUT2D eigenvalue weighted by atomic mass is 9.90. The maximum absolute atomic E-state index is 10.6. The van der Waals surface area contributed by atoms with Crippen molar-refractivity contribution in [3.63, 3.8) is 0 Å². The molecule has 4 heteroatoms. The number of aromatic nitrogens is 2. The molecule has 0 fully saturated rings. The maximum Gasteiger partial charge on any atom is 0.194 e. The first kappa shape index (κ1) is 64.8. The first-order chi connectivity index (χ1) is 44.1. The van der Waals surface area contributed by atoms with Crippen molar-refractivity contribution >= 4 is 67.0 Å². The van der Waals surface area contributed by atoms with Gasteiger partial charge in [-0.3, -0.25) is 0 Å². The maximum atomic E-state index is 10.6. The van der Waals surface area contributed by atoms with Crippen molar-refractivity contribution in [2.75, 3.05) is 0 Å². The van der Waals surface area contributed by atoms with E-state index in [0.717, 1.165) is 70.4 Å². The van der Waals surface area contributed by atoms with Gasteiger partial charge in [0.1, 0.15) is 0 Å². The van der Waals surface area contributed by atoms with Crippen LogP contribution in [0.4, 0.5) is 0 Å². The molecule has 0 aliphatic carbocycles. The second kappa shape index (κ2) is 31.5. The molecule has 4 unspecified atom stereocenters. The Morgan fingerprint density at radius 3 is 1.00 bits per heavy atom. The minimum atomic E-state index is 0.609. The van der Waals surface area contributed by atoms with Gasteiger partial charge in [0.05, 0.1) is 40.3 Å². The molecule has 4 atom stereocenters. The summed E-state index contributed by atoms with van der Waals surface area (Å²) >= 11 is 0. The standard InChI is InChI=1S/C86H98N4/c1-10-18-22-61(14-5)50-67-30-46-83-78(55-67)79-56-68(51-62(15-6)23-19-11-2)31-47-84(79)89(83)76-42-38-73(39-43-76)75(60-87)54-65-26-34-71(35-27-65)72-36-28-66(29-37-72)59-82(88-9)74-40-44-77(45-41-74)90-85-48-32-69(52-63(16-7)24-20-12-3)57-80(85)81-58-70(33-49-86(81)90)53-64(17-8)25-21-13-4/h26-49,54-59,61-64H,10-25,50-53H2,1-8H3/b75-54+,82-59-. The van der Waals surface area contributed by atoms with Crippen molar-refractivity contribution in [3.05, 3.63) is 226 Å². The molecular formula is C86H98N4. The van der Waals surface area contributed by atoms with E-state index in [1.807, 2.05) is 12.2 Å². The molecular weight excluding hydrogens is 1090 g/mol. The highest BCUT2D eigenvalue weighted by Crippen LogP contribution is 2.39. The van der Waals surface area contributed by atoms with E-state index in [2.05, 4.69) is 245 Å². The predicted octanol–water partition coefficient (Wildman–Crippen LogP) is 25.1. The van der Waals surface area contributed by atoms with Crippen molar-refractivity contribution < 1.29 is 0 Å². The van der Waals surface area contributed by atoms with Gasteiger partial charge in [-0.1, -0.05) is 255 Å². The third-order valence-corrected chi connectivity index (χ3v) is 19.9. The van der Waals surface area contributed by atoms with E-state index in [0.29, 0.717) is 34.9 Å². The average molecular weight is 1190 g/mol. The van der Waals surface area contributed by atoms with Gasteiger partial charge in [0, 0.05) is 32.9 Å². The van der Waals surface area contributed by atoms with Crippen LogP contribution in [0.5, 0.6) is 0 Å². The number of unbranched alkanes of at least 4 members (excludes halogenated alkanes) is 4. The molecule has 90 heavy (non-hydrogen) atoms. The van der Waals surface area contributed by atoms with Crippen LogP contribution in [0.25, 0.3) is 94.4 Å². The summed E-state index contributed by atoms with van der Waals surface area (Å²) in [5, 5.41) is 15.9. The van der Waals surface area contributed by atoms with Gasteiger partial charge in [-0.05, 0) is 190 Å². The van der Waals surface area contributed by atoms with Crippen LogP contribution < -0.4 is 0 Å². The number of allylic oxidation sites excluding steroid dienone is 1. The van der Waals surface area contributed by atoms with Crippen LogP contribution in [0, 0.1) is 41.6 Å². The zero-order valence-corrected chi connectivity index (χ0v) is 55.6. The second-order valence-corrected chi connectivity index (χ2v) is 26.2. The van der Waals surface area contributed by atoms with Crippen LogP contribution in [0.3, 0.4) is 0 Å². The van der Waals surface area contributed by atoms with Crippen molar-refractivity contribution in [1.82, 2.24) is 9.13 Å². The minimum Gasteiger partial charge on any atom is -0.309 e. The molecule has 0 amide bonds. The smallest absolute Gasteiger partial charge is 0.194 e. The van der Waals surface area contributed by atoms with Crippen molar-refractivity contribution in [3.8, 4) is 28.6 Å². The molecule has 0 aliphatic rings. The predicted molar refractivity (Wildman–Crippen MR) is 389 cm³/mol. The fourth-order valence-electron chi connectivity index (χ4n) is 14.2. The Morgan fingerprint density at radius 2 is 0.711 bits per heavy atom. The van der Waals surface area contributed by atoms with E-state index < -0.39 is 0 Å². The summed E-state index contributed by atoms with van der Waals surface area (Å²) in [7, 11) is 0. The monoisotopic (exact) mass is 1190 g/mol. The van der Waals surface area contributed by atoms with Crippen molar-refractivity contribution in [2.24, 2.45) is 23.7 Å². The molecule has 0 radical (unpaired) electrons. The van der Waals surface area contributed by atoms with Crippen molar-refractivity contribution in [1.29, 1.82) is 5.26 Å². The highest BCUT2D eigenvalue weighted by atomic mass is 15.0. The fraction of sp³-hybridized carbons (Fsp3) is 0.372. The summed E-state index contributed by atoms with van der Waals surface area (Å²) in [5.74, 6) is 2.81. The van der Waals surface area contributed by atoms with Crippen LogP contribution in [-0.4, -0.2) is 9.13 Å². The molecule has 462 valence electrons. The lowest BCUT2D eigenvalue weighted by Crippen LogP contribution is -2.03. The number of hydrogen-bond acceptors (Lipinski definition) is 1. The van der Waals surface area contributed by atoms with Gasteiger partial charge in [-0.15, -0.1) is 0 Å². The Morgan fingerprint density at radius 1 is 0.400 bits per heavy atom. The quantitative estimate of drug-likeness (QED) is 0.0242. The van der Waals surface area contributed by atoms with Gasteiger partial charge in [0.2, 0.25) is 0 Å². The Kier molecular flexibility index (Phi) is 22.7. The lowest BCUT2D eigenvalue weighted by molar-refractivity contribution is 0.449. The van der Waals surface area contributed by atoms with Gasteiger partial charge in [-0.25, -0.2) is 4.85 Å². The molecule has 0 aliphatic heterocycles. The van der Waals surface area contributed by atoms with Crippen LogP contribution in [0.1, 0.15) is 203 Å². The highest BCUT2D eigenvalue weighted by molar-refractivity contribution is 6.11.